The van der Waals surface area contributed by atoms with Gasteiger partial charge in [-0.15, -0.1) is 0 Å². The minimum absolute atomic E-state index is 0.0123. The first kappa shape index (κ1) is 13.6. The van der Waals surface area contributed by atoms with Crippen molar-refractivity contribution in [1.82, 2.24) is 14.9 Å². The van der Waals surface area contributed by atoms with E-state index in [1.807, 2.05) is 0 Å². The molecule has 1 saturated carbocycles. The van der Waals surface area contributed by atoms with Gasteiger partial charge in [-0.05, 0) is 38.0 Å². The van der Waals surface area contributed by atoms with Crippen molar-refractivity contribution in [1.29, 1.82) is 0 Å². The molecule has 0 spiro atoms. The lowest BCUT2D eigenvalue weighted by Crippen LogP contribution is -2.38. The Morgan fingerprint density at radius 3 is 2.95 bits per heavy atom. The lowest BCUT2D eigenvalue weighted by atomic mass is 10.1. The number of nitrogens with zero attached hydrogens (tertiary/aromatic N) is 2. The smallest absolute Gasteiger partial charge is 0.325 e. The molecule has 1 aliphatic rings. The van der Waals surface area contributed by atoms with Crippen molar-refractivity contribution in [3.8, 4) is 0 Å². The summed E-state index contributed by atoms with van der Waals surface area (Å²) in [5.74, 6) is -0.498. The monoisotopic (exact) mass is 287 g/mol. The van der Waals surface area contributed by atoms with E-state index in [-0.39, 0.29) is 24.5 Å². The number of benzene rings is 1. The highest BCUT2D eigenvalue weighted by Crippen LogP contribution is 2.28. The Bertz CT molecular complexity index is 676. The molecule has 21 heavy (non-hydrogen) atoms. The van der Waals surface area contributed by atoms with Crippen LogP contribution in [0.1, 0.15) is 30.1 Å². The zero-order chi connectivity index (χ0) is 14.8. The number of hydrogen-bond donors (Lipinski definition) is 1. The zero-order valence-electron chi connectivity index (χ0n) is 11.8. The van der Waals surface area contributed by atoms with E-state index in [9.17, 15) is 9.59 Å². The number of aromatic amines is 1. The molecule has 110 valence electrons. The van der Waals surface area contributed by atoms with Crippen LogP contribution in [0.25, 0.3) is 11.0 Å². The number of carbonyl (C=O) groups is 2. The Hall–Kier alpha value is -2.37. The van der Waals surface area contributed by atoms with Crippen LogP contribution in [-0.2, 0) is 9.53 Å². The van der Waals surface area contributed by atoms with Gasteiger partial charge in [-0.1, -0.05) is 0 Å². The van der Waals surface area contributed by atoms with Crippen molar-refractivity contribution in [2.24, 2.45) is 0 Å². The van der Waals surface area contributed by atoms with Crippen molar-refractivity contribution < 1.29 is 14.3 Å². The molecule has 0 saturated heterocycles. The Morgan fingerprint density at radius 2 is 2.24 bits per heavy atom. The maximum atomic E-state index is 12.6. The normalized spacial score (nSPS) is 14.1. The van der Waals surface area contributed by atoms with E-state index in [0.717, 1.165) is 23.9 Å². The van der Waals surface area contributed by atoms with E-state index in [2.05, 4.69) is 9.97 Å². The molecule has 0 atom stereocenters. The number of nitrogens with one attached hydrogen (secondary N) is 1. The van der Waals surface area contributed by atoms with Gasteiger partial charge in [-0.25, -0.2) is 4.98 Å². The van der Waals surface area contributed by atoms with Gasteiger partial charge in [0.25, 0.3) is 5.91 Å². The van der Waals surface area contributed by atoms with Crippen molar-refractivity contribution in [2.75, 3.05) is 13.2 Å². The number of amides is 1. The molecule has 0 radical (unpaired) electrons. The second kappa shape index (κ2) is 5.55. The maximum Gasteiger partial charge on any atom is 0.325 e. The lowest BCUT2D eigenvalue weighted by molar-refractivity contribution is -0.144. The molecule has 1 amide bonds. The van der Waals surface area contributed by atoms with Crippen LogP contribution in [0.2, 0.25) is 0 Å². The highest BCUT2D eigenvalue weighted by atomic mass is 16.5. The molecule has 1 heterocycles. The largest absolute Gasteiger partial charge is 0.465 e. The van der Waals surface area contributed by atoms with E-state index in [1.165, 1.54) is 0 Å². The van der Waals surface area contributed by atoms with Crippen LogP contribution in [-0.4, -0.2) is 45.9 Å². The van der Waals surface area contributed by atoms with E-state index in [0.29, 0.717) is 12.2 Å². The molecule has 6 nitrogen and oxygen atoms in total. The number of H-pyrrole nitrogens is 1. The summed E-state index contributed by atoms with van der Waals surface area (Å²) in [7, 11) is 0. The number of rotatable bonds is 5. The Labute approximate surface area is 122 Å². The summed E-state index contributed by atoms with van der Waals surface area (Å²) in [5.41, 5.74) is 2.19. The summed E-state index contributed by atoms with van der Waals surface area (Å²) in [6, 6.07) is 5.46. The molecular weight excluding hydrogens is 270 g/mol. The topological polar surface area (TPSA) is 75.3 Å². The first-order chi connectivity index (χ1) is 10.2. The van der Waals surface area contributed by atoms with Gasteiger partial charge < -0.3 is 14.6 Å². The second-order valence-electron chi connectivity index (χ2n) is 5.10. The second-order valence-corrected chi connectivity index (χ2v) is 5.10. The predicted molar refractivity (Wildman–Crippen MR) is 76.8 cm³/mol. The molecular formula is C15H17N3O3. The first-order valence-electron chi connectivity index (χ1n) is 7.08. The summed E-state index contributed by atoms with van der Waals surface area (Å²) in [5, 5.41) is 0. The Morgan fingerprint density at radius 1 is 1.43 bits per heavy atom. The molecule has 6 heteroatoms. The van der Waals surface area contributed by atoms with Crippen LogP contribution in [0.4, 0.5) is 0 Å². The van der Waals surface area contributed by atoms with Gasteiger partial charge in [-0.2, -0.15) is 0 Å². The summed E-state index contributed by atoms with van der Waals surface area (Å²) in [6.45, 7) is 2.09. The fraction of sp³-hybridized carbons (Fsp3) is 0.400. The SMILES string of the molecule is CCOC(=O)CN(C(=O)c1ccc2nc[nH]c2c1)C1CC1. The quantitative estimate of drug-likeness (QED) is 0.850. The maximum absolute atomic E-state index is 12.6. The van der Waals surface area contributed by atoms with Gasteiger partial charge in [-0.3, -0.25) is 9.59 Å². The number of hydrogen-bond acceptors (Lipinski definition) is 4. The lowest BCUT2D eigenvalue weighted by Gasteiger charge is -2.21. The summed E-state index contributed by atoms with van der Waals surface area (Å²) in [4.78, 5) is 33.0. The highest BCUT2D eigenvalue weighted by Gasteiger charge is 2.34. The third kappa shape index (κ3) is 2.89. The average molecular weight is 287 g/mol. The third-order valence-electron chi connectivity index (χ3n) is 3.52. The van der Waals surface area contributed by atoms with Crippen molar-refractivity contribution in [3.63, 3.8) is 0 Å². The van der Waals surface area contributed by atoms with Gasteiger partial charge in [0.15, 0.2) is 0 Å². The molecule has 1 aromatic carbocycles. The first-order valence-corrected chi connectivity index (χ1v) is 7.08. The predicted octanol–water partition coefficient (Wildman–Crippen LogP) is 1.73. The molecule has 3 rings (SSSR count). The molecule has 0 unspecified atom stereocenters. The molecule has 1 fully saturated rings. The standard InChI is InChI=1S/C15H17N3O3/c1-2-21-14(19)8-18(11-4-5-11)15(20)10-3-6-12-13(7-10)17-9-16-12/h3,6-7,9,11H,2,4-5,8H2,1H3,(H,16,17). The van der Waals surface area contributed by atoms with Crippen LogP contribution in [0, 0.1) is 0 Å². The minimum Gasteiger partial charge on any atom is -0.465 e. The Balaban J connectivity index is 1.81. The van der Waals surface area contributed by atoms with Crippen molar-refractivity contribution >= 4 is 22.9 Å². The Kier molecular flexibility index (Phi) is 3.60. The van der Waals surface area contributed by atoms with Crippen LogP contribution in [0.5, 0.6) is 0 Å². The van der Waals surface area contributed by atoms with Gasteiger partial charge in [0.1, 0.15) is 6.54 Å². The molecule has 1 N–H and O–H groups in total. The van der Waals surface area contributed by atoms with Crippen molar-refractivity contribution in [3.05, 3.63) is 30.1 Å². The minimum atomic E-state index is -0.361. The number of ether oxygens (including phenoxy) is 1. The molecule has 1 aromatic heterocycles. The summed E-state index contributed by atoms with van der Waals surface area (Å²) >= 11 is 0. The molecule has 2 aromatic rings. The summed E-state index contributed by atoms with van der Waals surface area (Å²) < 4.78 is 4.95. The van der Waals surface area contributed by atoms with Crippen LogP contribution in [0.15, 0.2) is 24.5 Å². The highest BCUT2D eigenvalue weighted by molar-refractivity contribution is 5.99. The number of fused-ring (bicyclic) bond motifs is 1. The molecule has 0 aliphatic heterocycles. The van der Waals surface area contributed by atoms with Gasteiger partial charge >= 0.3 is 5.97 Å². The average Bonchev–Trinajstić information content (AvgIpc) is 3.21. The van der Waals surface area contributed by atoms with E-state index in [1.54, 1.807) is 36.4 Å². The van der Waals surface area contributed by atoms with E-state index < -0.39 is 0 Å². The van der Waals surface area contributed by atoms with Crippen LogP contribution < -0.4 is 0 Å². The number of esters is 1. The van der Waals surface area contributed by atoms with E-state index in [4.69, 9.17) is 4.74 Å². The van der Waals surface area contributed by atoms with Gasteiger partial charge in [0.2, 0.25) is 0 Å². The fourth-order valence-electron chi connectivity index (χ4n) is 2.33. The molecule has 0 bridgehead atoms. The molecule has 1 aliphatic carbocycles. The summed E-state index contributed by atoms with van der Waals surface area (Å²) in [6.07, 6.45) is 3.48. The van der Waals surface area contributed by atoms with Crippen LogP contribution >= 0.6 is 0 Å². The van der Waals surface area contributed by atoms with Crippen molar-refractivity contribution in [2.45, 2.75) is 25.8 Å². The van der Waals surface area contributed by atoms with E-state index >= 15 is 0 Å². The number of carbonyl (C=O) groups excluding carboxylic acids is 2. The third-order valence-corrected chi connectivity index (χ3v) is 3.52. The number of imidazole rings is 1. The van der Waals surface area contributed by atoms with Crippen LogP contribution in [0.3, 0.4) is 0 Å². The van der Waals surface area contributed by atoms with Gasteiger partial charge in [0.05, 0.1) is 24.0 Å². The fourth-order valence-corrected chi connectivity index (χ4v) is 2.33. The number of aromatic nitrogens is 2. The zero-order valence-corrected chi connectivity index (χ0v) is 11.8. The van der Waals surface area contributed by atoms with Gasteiger partial charge in [0, 0.05) is 11.6 Å².